The van der Waals surface area contributed by atoms with Gasteiger partial charge >= 0.3 is 6.09 Å². The molecule has 5 rings (SSSR count). The van der Waals surface area contributed by atoms with E-state index in [0.717, 1.165) is 47.2 Å². The van der Waals surface area contributed by atoms with E-state index in [9.17, 15) is 9.59 Å². The number of hydrogen-bond donors (Lipinski definition) is 0. The molecule has 1 saturated carbocycles. The number of fused-ring (bicyclic) bond motifs is 1. The molecule has 1 aromatic heterocycles. The summed E-state index contributed by atoms with van der Waals surface area (Å²) < 4.78 is 6.73. The van der Waals surface area contributed by atoms with E-state index in [0.29, 0.717) is 18.4 Å². The fraction of sp³-hybridized carbons (Fsp3) is 0.414. The highest BCUT2D eigenvalue weighted by atomic mass is 16.6. The van der Waals surface area contributed by atoms with Crippen LogP contribution in [-0.2, 0) is 17.6 Å². The second kappa shape index (κ2) is 10.3. The average molecular weight is 513 g/mol. The molecule has 0 aliphatic heterocycles. The SMILES string of the molecule is Cc1cc(C(=O)N(C2CC2)C2CCc3nn(C(=O)OC(C)(C)CN=[N+]=[N-])cc3C2)ccc1-c1ccccc1. The molecule has 2 aliphatic carbocycles. The third-order valence-electron chi connectivity index (χ3n) is 7.24. The highest BCUT2D eigenvalue weighted by Crippen LogP contribution is 2.35. The number of carbonyl (C=O) groups excluding carboxylic acids is 2. The number of ether oxygens (including phenoxy) is 1. The van der Waals surface area contributed by atoms with Crippen LogP contribution in [0.15, 0.2) is 59.8 Å². The highest BCUT2D eigenvalue weighted by molar-refractivity contribution is 5.96. The molecular weight excluding hydrogens is 480 g/mol. The molecule has 196 valence electrons. The number of aryl methyl sites for hydroxylation is 2. The smallest absolute Gasteiger partial charge is 0.435 e. The fourth-order valence-corrected chi connectivity index (χ4v) is 5.20. The van der Waals surface area contributed by atoms with Crippen LogP contribution in [0.1, 0.15) is 60.3 Å². The first-order chi connectivity index (χ1) is 18.3. The van der Waals surface area contributed by atoms with E-state index >= 15 is 0 Å². The van der Waals surface area contributed by atoms with Gasteiger partial charge in [-0.3, -0.25) is 4.79 Å². The number of aromatic nitrogens is 2. The molecule has 1 atom stereocenters. The fourth-order valence-electron chi connectivity index (χ4n) is 5.20. The molecule has 0 spiro atoms. The van der Waals surface area contributed by atoms with Crippen LogP contribution in [0.25, 0.3) is 21.6 Å². The van der Waals surface area contributed by atoms with Gasteiger partial charge in [-0.05, 0) is 92.8 Å². The van der Waals surface area contributed by atoms with Crippen molar-refractivity contribution in [2.24, 2.45) is 5.11 Å². The predicted octanol–water partition coefficient (Wildman–Crippen LogP) is 6.09. The normalized spacial score (nSPS) is 16.8. The summed E-state index contributed by atoms with van der Waals surface area (Å²) in [4.78, 5) is 31.3. The number of nitrogens with zero attached hydrogens (tertiary/aromatic N) is 6. The largest absolute Gasteiger partial charge is 0.442 e. The Bertz CT molecular complexity index is 1400. The highest BCUT2D eigenvalue weighted by Gasteiger charge is 2.40. The first-order valence-corrected chi connectivity index (χ1v) is 13.1. The molecule has 1 unspecified atom stereocenters. The van der Waals surface area contributed by atoms with E-state index in [1.165, 1.54) is 4.68 Å². The van der Waals surface area contributed by atoms with Gasteiger partial charge in [-0.25, -0.2) is 4.79 Å². The molecule has 1 heterocycles. The van der Waals surface area contributed by atoms with Crippen LogP contribution in [0.3, 0.4) is 0 Å². The van der Waals surface area contributed by atoms with Crippen molar-refractivity contribution >= 4 is 12.0 Å². The van der Waals surface area contributed by atoms with Crippen molar-refractivity contribution in [3.8, 4) is 11.1 Å². The molecule has 0 bridgehead atoms. The Hall–Kier alpha value is -4.10. The summed E-state index contributed by atoms with van der Waals surface area (Å²) in [6, 6.07) is 16.5. The molecule has 0 saturated heterocycles. The van der Waals surface area contributed by atoms with Crippen LogP contribution in [0, 0.1) is 6.92 Å². The minimum atomic E-state index is -0.943. The van der Waals surface area contributed by atoms with Gasteiger partial charge in [0, 0.05) is 28.8 Å². The van der Waals surface area contributed by atoms with Crippen LogP contribution >= 0.6 is 0 Å². The zero-order valence-corrected chi connectivity index (χ0v) is 22.0. The Kier molecular flexibility index (Phi) is 6.95. The molecule has 3 aromatic rings. The van der Waals surface area contributed by atoms with Crippen LogP contribution in [0.5, 0.6) is 0 Å². The first kappa shape index (κ1) is 25.5. The van der Waals surface area contributed by atoms with Gasteiger partial charge in [0.25, 0.3) is 5.91 Å². The Morgan fingerprint density at radius 3 is 2.61 bits per heavy atom. The topological polar surface area (TPSA) is 113 Å². The summed E-state index contributed by atoms with van der Waals surface area (Å²) in [6.07, 6.45) is 5.26. The van der Waals surface area contributed by atoms with Crippen molar-refractivity contribution in [1.82, 2.24) is 14.7 Å². The van der Waals surface area contributed by atoms with E-state index in [2.05, 4.69) is 39.1 Å². The van der Waals surface area contributed by atoms with Crippen molar-refractivity contribution in [2.75, 3.05) is 6.54 Å². The zero-order valence-electron chi connectivity index (χ0n) is 22.0. The third kappa shape index (κ3) is 5.43. The minimum absolute atomic E-state index is 0.0303. The summed E-state index contributed by atoms with van der Waals surface area (Å²) >= 11 is 0. The first-order valence-electron chi connectivity index (χ1n) is 13.1. The Labute approximate surface area is 222 Å². The Balaban J connectivity index is 1.32. The molecule has 1 fully saturated rings. The molecule has 0 N–H and O–H groups in total. The monoisotopic (exact) mass is 512 g/mol. The number of amides is 1. The van der Waals surface area contributed by atoms with Gasteiger partial charge in [-0.15, -0.1) is 0 Å². The van der Waals surface area contributed by atoms with E-state index in [1.807, 2.05) is 36.4 Å². The van der Waals surface area contributed by atoms with Crippen molar-refractivity contribution in [2.45, 2.75) is 70.6 Å². The maximum Gasteiger partial charge on any atom is 0.435 e. The van der Waals surface area contributed by atoms with E-state index in [-0.39, 0.29) is 24.5 Å². The second-order valence-electron chi connectivity index (χ2n) is 10.8. The molecule has 1 amide bonds. The lowest BCUT2D eigenvalue weighted by Gasteiger charge is -2.34. The maximum absolute atomic E-state index is 13.8. The summed E-state index contributed by atoms with van der Waals surface area (Å²) in [5.74, 6) is 0.0651. The van der Waals surface area contributed by atoms with E-state index in [1.54, 1.807) is 20.0 Å². The molecule has 38 heavy (non-hydrogen) atoms. The number of rotatable bonds is 7. The van der Waals surface area contributed by atoms with Gasteiger partial charge < -0.3 is 9.64 Å². The van der Waals surface area contributed by atoms with Crippen molar-refractivity contribution in [1.29, 1.82) is 0 Å². The van der Waals surface area contributed by atoms with Gasteiger partial charge in [0.05, 0.1) is 12.2 Å². The lowest BCUT2D eigenvalue weighted by atomic mass is 9.91. The number of carbonyl (C=O) groups is 2. The van der Waals surface area contributed by atoms with Gasteiger partial charge in [-0.2, -0.15) is 9.78 Å². The molecule has 2 aromatic carbocycles. The number of benzene rings is 2. The van der Waals surface area contributed by atoms with Gasteiger partial charge in [0.1, 0.15) is 5.60 Å². The van der Waals surface area contributed by atoms with Crippen LogP contribution in [0.2, 0.25) is 0 Å². The lowest BCUT2D eigenvalue weighted by molar-refractivity contribution is 0.0441. The molecular formula is C29H32N6O3. The second-order valence-corrected chi connectivity index (χ2v) is 10.8. The molecule has 9 heteroatoms. The Morgan fingerprint density at radius 2 is 1.92 bits per heavy atom. The standard InChI is InChI=1S/C29H32N6O3/c1-19-15-21(9-13-25(19)20-7-5-4-6-8-20)27(36)35(23-10-11-23)24-12-14-26-22(16-24)17-34(32-26)28(37)38-29(2,3)18-31-33-30/h4-9,13,15,17,23-24H,10-12,14,16,18H2,1-3H3. The van der Waals surface area contributed by atoms with Crippen molar-refractivity contribution in [3.63, 3.8) is 0 Å². The van der Waals surface area contributed by atoms with Crippen LogP contribution < -0.4 is 0 Å². The quantitative estimate of drug-likeness (QED) is 0.216. The molecule has 0 radical (unpaired) electrons. The van der Waals surface area contributed by atoms with Crippen LogP contribution in [-0.4, -0.2) is 50.9 Å². The number of azide groups is 1. The van der Waals surface area contributed by atoms with Gasteiger partial charge in [0.15, 0.2) is 0 Å². The van der Waals surface area contributed by atoms with E-state index in [4.69, 9.17) is 10.3 Å². The zero-order chi connectivity index (χ0) is 26.9. The Morgan fingerprint density at radius 1 is 1.16 bits per heavy atom. The summed E-state index contributed by atoms with van der Waals surface area (Å²) in [7, 11) is 0. The van der Waals surface area contributed by atoms with Gasteiger partial charge in [0.2, 0.25) is 0 Å². The summed E-state index contributed by atoms with van der Waals surface area (Å²) in [5.41, 5.74) is 13.5. The minimum Gasteiger partial charge on any atom is -0.442 e. The number of hydrogen-bond acceptors (Lipinski definition) is 5. The average Bonchev–Trinajstić information content (AvgIpc) is 3.64. The van der Waals surface area contributed by atoms with Crippen molar-refractivity contribution < 1.29 is 14.3 Å². The summed E-state index contributed by atoms with van der Waals surface area (Å²) in [6.45, 7) is 5.45. The van der Waals surface area contributed by atoms with Gasteiger partial charge in [-0.1, -0.05) is 41.5 Å². The predicted molar refractivity (Wildman–Crippen MR) is 144 cm³/mol. The van der Waals surface area contributed by atoms with Crippen molar-refractivity contribution in [3.05, 3.63) is 87.6 Å². The lowest BCUT2D eigenvalue weighted by Crippen LogP contribution is -2.44. The molecule has 2 aliphatic rings. The third-order valence-corrected chi connectivity index (χ3v) is 7.24. The van der Waals surface area contributed by atoms with Crippen LogP contribution in [0.4, 0.5) is 4.79 Å². The maximum atomic E-state index is 13.8. The van der Waals surface area contributed by atoms with E-state index < -0.39 is 11.7 Å². The molecule has 9 nitrogen and oxygen atoms in total. The summed E-state index contributed by atoms with van der Waals surface area (Å²) in [5, 5.41) is 7.97.